The maximum absolute atomic E-state index is 12.9. The Kier molecular flexibility index (Phi) is 9.23. The Hall–Kier alpha value is -1.62. The molecule has 0 saturated heterocycles. The molecule has 0 radical (unpaired) electrons. The summed E-state index contributed by atoms with van der Waals surface area (Å²) in [4.78, 5) is 4.48. The van der Waals surface area contributed by atoms with E-state index in [0.717, 1.165) is 31.1 Å². The first-order valence-electron chi connectivity index (χ1n) is 7.96. The second-order valence-corrected chi connectivity index (χ2v) is 5.54. The summed E-state index contributed by atoms with van der Waals surface area (Å²) in [5, 5.41) is 6.41. The molecule has 4 nitrogen and oxygen atoms in total. The van der Waals surface area contributed by atoms with Gasteiger partial charge < -0.3 is 15.4 Å². The van der Waals surface area contributed by atoms with E-state index in [1.807, 2.05) is 6.92 Å². The Balaban J connectivity index is 2.31. The third-order valence-corrected chi connectivity index (χ3v) is 3.06. The van der Waals surface area contributed by atoms with Crippen molar-refractivity contribution in [2.75, 3.05) is 26.3 Å². The Morgan fingerprint density at radius 3 is 2.55 bits per heavy atom. The maximum Gasteiger partial charge on any atom is 0.191 e. The molecule has 124 valence electrons. The van der Waals surface area contributed by atoms with E-state index in [1.165, 1.54) is 12.1 Å². The Bertz CT molecular complexity index is 432. The van der Waals surface area contributed by atoms with Crippen molar-refractivity contribution in [1.82, 2.24) is 10.6 Å². The molecule has 0 spiro atoms. The van der Waals surface area contributed by atoms with Gasteiger partial charge in [-0.05, 0) is 37.0 Å². The van der Waals surface area contributed by atoms with E-state index in [9.17, 15) is 4.39 Å². The second kappa shape index (κ2) is 11.0. The number of nitrogens with zero attached hydrogens (tertiary/aromatic N) is 1. The van der Waals surface area contributed by atoms with Gasteiger partial charge in [-0.1, -0.05) is 26.0 Å². The average molecular weight is 309 g/mol. The molecule has 0 saturated carbocycles. The molecular formula is C17H28FN3O. The van der Waals surface area contributed by atoms with E-state index in [1.54, 1.807) is 12.1 Å². The van der Waals surface area contributed by atoms with Crippen molar-refractivity contribution in [1.29, 1.82) is 0 Å². The number of benzene rings is 1. The molecule has 0 fully saturated rings. The molecule has 0 atom stereocenters. The molecule has 0 bridgehead atoms. The summed E-state index contributed by atoms with van der Waals surface area (Å²) in [6, 6.07) is 6.40. The lowest BCUT2D eigenvalue weighted by molar-refractivity contribution is 0.128. The molecule has 0 aliphatic heterocycles. The minimum absolute atomic E-state index is 0.226. The van der Waals surface area contributed by atoms with Gasteiger partial charge in [-0.2, -0.15) is 0 Å². The first-order valence-corrected chi connectivity index (χ1v) is 7.96. The van der Waals surface area contributed by atoms with Crippen molar-refractivity contribution in [3.05, 3.63) is 35.6 Å². The van der Waals surface area contributed by atoms with E-state index in [-0.39, 0.29) is 5.82 Å². The van der Waals surface area contributed by atoms with Crippen molar-refractivity contribution < 1.29 is 9.13 Å². The number of guanidine groups is 1. The Morgan fingerprint density at radius 2 is 1.91 bits per heavy atom. The van der Waals surface area contributed by atoms with Crippen molar-refractivity contribution in [2.24, 2.45) is 10.9 Å². The highest BCUT2D eigenvalue weighted by atomic mass is 19.1. The van der Waals surface area contributed by atoms with Gasteiger partial charge >= 0.3 is 0 Å². The zero-order chi connectivity index (χ0) is 16.2. The first kappa shape index (κ1) is 18.4. The smallest absolute Gasteiger partial charge is 0.191 e. The van der Waals surface area contributed by atoms with Gasteiger partial charge in [0.2, 0.25) is 0 Å². The van der Waals surface area contributed by atoms with Crippen molar-refractivity contribution in [2.45, 2.75) is 33.7 Å². The lowest BCUT2D eigenvalue weighted by Gasteiger charge is -2.12. The first-order chi connectivity index (χ1) is 10.6. The molecule has 2 N–H and O–H groups in total. The van der Waals surface area contributed by atoms with Crippen LogP contribution in [0.5, 0.6) is 0 Å². The molecule has 22 heavy (non-hydrogen) atoms. The monoisotopic (exact) mass is 309 g/mol. The second-order valence-electron chi connectivity index (χ2n) is 5.54. The highest BCUT2D eigenvalue weighted by Crippen LogP contribution is 2.03. The quantitative estimate of drug-likeness (QED) is 0.419. The van der Waals surface area contributed by atoms with Gasteiger partial charge in [0.05, 0.1) is 13.2 Å². The van der Waals surface area contributed by atoms with E-state index in [0.29, 0.717) is 25.6 Å². The zero-order valence-corrected chi connectivity index (χ0v) is 13.9. The van der Waals surface area contributed by atoms with E-state index >= 15 is 0 Å². The SMILES string of the molecule is CCNC(=NCc1ccc(F)cc1)NCCOCCC(C)C. The molecule has 1 aromatic rings. The number of halogens is 1. The highest BCUT2D eigenvalue weighted by Gasteiger charge is 1.99. The number of rotatable bonds is 9. The molecule has 0 aromatic heterocycles. The molecule has 0 unspecified atom stereocenters. The third-order valence-electron chi connectivity index (χ3n) is 3.06. The lowest BCUT2D eigenvalue weighted by Crippen LogP contribution is -2.39. The molecule has 0 aliphatic rings. The fourth-order valence-corrected chi connectivity index (χ4v) is 1.76. The van der Waals surface area contributed by atoms with Crippen LogP contribution in [0.15, 0.2) is 29.3 Å². The van der Waals surface area contributed by atoms with Crippen molar-refractivity contribution >= 4 is 5.96 Å². The van der Waals surface area contributed by atoms with Crippen LogP contribution in [-0.4, -0.2) is 32.3 Å². The lowest BCUT2D eigenvalue weighted by atomic mass is 10.1. The number of hydrogen-bond acceptors (Lipinski definition) is 2. The summed E-state index contributed by atoms with van der Waals surface area (Å²) in [6.45, 7) is 9.88. The van der Waals surface area contributed by atoms with Crippen LogP contribution in [0.4, 0.5) is 4.39 Å². The number of aliphatic imine (C=N–C) groups is 1. The Morgan fingerprint density at radius 1 is 1.18 bits per heavy atom. The van der Waals surface area contributed by atoms with Crippen LogP contribution in [0, 0.1) is 11.7 Å². The van der Waals surface area contributed by atoms with E-state index in [4.69, 9.17) is 4.74 Å². The van der Waals surface area contributed by atoms with Crippen LogP contribution in [-0.2, 0) is 11.3 Å². The third kappa shape index (κ3) is 8.62. The van der Waals surface area contributed by atoms with Crippen LogP contribution in [0.2, 0.25) is 0 Å². The summed E-state index contributed by atoms with van der Waals surface area (Å²) in [7, 11) is 0. The zero-order valence-electron chi connectivity index (χ0n) is 13.9. The van der Waals surface area contributed by atoms with Gasteiger partial charge in [-0.3, -0.25) is 0 Å². The summed E-state index contributed by atoms with van der Waals surface area (Å²) in [5.74, 6) is 1.19. The Labute approximate surface area is 133 Å². The fraction of sp³-hybridized carbons (Fsp3) is 0.588. The maximum atomic E-state index is 12.9. The predicted molar refractivity (Wildman–Crippen MR) is 89.5 cm³/mol. The summed E-state index contributed by atoms with van der Waals surface area (Å²) >= 11 is 0. The van der Waals surface area contributed by atoms with E-state index < -0.39 is 0 Å². The van der Waals surface area contributed by atoms with Gasteiger partial charge in [-0.25, -0.2) is 9.38 Å². The number of hydrogen-bond donors (Lipinski definition) is 2. The minimum atomic E-state index is -0.226. The summed E-state index contributed by atoms with van der Waals surface area (Å²) in [5.41, 5.74) is 0.979. The van der Waals surface area contributed by atoms with Crippen molar-refractivity contribution in [3.8, 4) is 0 Å². The van der Waals surface area contributed by atoms with Crippen molar-refractivity contribution in [3.63, 3.8) is 0 Å². The largest absolute Gasteiger partial charge is 0.380 e. The van der Waals surface area contributed by atoms with Gasteiger partial charge in [0.25, 0.3) is 0 Å². The van der Waals surface area contributed by atoms with E-state index in [2.05, 4.69) is 29.5 Å². The van der Waals surface area contributed by atoms with Gasteiger partial charge in [0.15, 0.2) is 5.96 Å². The van der Waals surface area contributed by atoms with Crippen LogP contribution in [0.1, 0.15) is 32.8 Å². The number of nitrogens with one attached hydrogen (secondary N) is 2. The standard InChI is InChI=1S/C17H28FN3O/c1-4-19-17(20-10-12-22-11-9-14(2)3)21-13-15-5-7-16(18)8-6-15/h5-8,14H,4,9-13H2,1-3H3,(H2,19,20,21). The molecular weight excluding hydrogens is 281 g/mol. The number of ether oxygens (including phenoxy) is 1. The van der Waals surface area contributed by atoms with Gasteiger partial charge in [-0.15, -0.1) is 0 Å². The predicted octanol–water partition coefficient (Wildman–Crippen LogP) is 2.94. The average Bonchev–Trinajstić information content (AvgIpc) is 2.49. The van der Waals surface area contributed by atoms with Gasteiger partial charge in [0, 0.05) is 19.7 Å². The molecule has 0 aliphatic carbocycles. The van der Waals surface area contributed by atoms with Gasteiger partial charge in [0.1, 0.15) is 5.82 Å². The van der Waals surface area contributed by atoms with Crippen LogP contribution in [0.3, 0.4) is 0 Å². The summed E-state index contributed by atoms with van der Waals surface area (Å²) < 4.78 is 18.4. The molecule has 0 amide bonds. The fourth-order valence-electron chi connectivity index (χ4n) is 1.76. The topological polar surface area (TPSA) is 45.7 Å². The molecule has 5 heteroatoms. The van der Waals surface area contributed by atoms with Crippen LogP contribution in [0.25, 0.3) is 0 Å². The molecule has 1 aromatic carbocycles. The molecule has 0 heterocycles. The normalized spacial score (nSPS) is 11.8. The highest BCUT2D eigenvalue weighted by molar-refractivity contribution is 5.79. The molecule has 1 rings (SSSR count). The minimum Gasteiger partial charge on any atom is -0.380 e. The van der Waals surface area contributed by atoms with Crippen LogP contribution >= 0.6 is 0 Å². The summed E-state index contributed by atoms with van der Waals surface area (Å²) in [6.07, 6.45) is 1.08. The van der Waals surface area contributed by atoms with Crippen LogP contribution < -0.4 is 10.6 Å².